The molecule has 1 aliphatic rings. The van der Waals surface area contributed by atoms with Gasteiger partial charge in [0.2, 0.25) is 5.91 Å². The van der Waals surface area contributed by atoms with Crippen molar-refractivity contribution in [2.24, 2.45) is 0 Å². The molecule has 1 fully saturated rings. The third-order valence-electron chi connectivity index (χ3n) is 4.94. The van der Waals surface area contributed by atoms with Crippen molar-refractivity contribution in [3.63, 3.8) is 0 Å². The third kappa shape index (κ3) is 4.10. The van der Waals surface area contributed by atoms with Crippen molar-refractivity contribution < 1.29 is 13.9 Å². The fourth-order valence-corrected chi connectivity index (χ4v) is 4.19. The predicted molar refractivity (Wildman–Crippen MR) is 110 cm³/mol. The lowest BCUT2D eigenvalue weighted by molar-refractivity contribution is -0.111. The Kier molecular flexibility index (Phi) is 5.45. The van der Waals surface area contributed by atoms with Gasteiger partial charge in [-0.15, -0.1) is 11.3 Å². The van der Waals surface area contributed by atoms with Crippen molar-refractivity contribution in [2.45, 2.75) is 39.3 Å². The van der Waals surface area contributed by atoms with Gasteiger partial charge in [0.05, 0.1) is 18.1 Å². The first-order chi connectivity index (χ1) is 13.6. The summed E-state index contributed by atoms with van der Waals surface area (Å²) in [5.74, 6) is 0.398. The number of hydrogen-bond acceptors (Lipinski definition) is 5. The fourth-order valence-electron chi connectivity index (χ4n) is 3.48. The van der Waals surface area contributed by atoms with E-state index >= 15 is 0 Å². The van der Waals surface area contributed by atoms with Crippen LogP contribution in [-0.4, -0.2) is 28.2 Å². The van der Waals surface area contributed by atoms with Gasteiger partial charge in [0.15, 0.2) is 5.13 Å². The number of nitrogens with one attached hydrogen (secondary N) is 1. The van der Waals surface area contributed by atoms with Gasteiger partial charge in [-0.25, -0.2) is 4.98 Å². The Morgan fingerprint density at radius 3 is 3.11 bits per heavy atom. The van der Waals surface area contributed by atoms with Gasteiger partial charge in [-0.05, 0) is 51.0 Å². The number of anilines is 1. The molecule has 1 N–H and O–H groups in total. The van der Waals surface area contributed by atoms with E-state index in [4.69, 9.17) is 9.15 Å². The zero-order valence-corrected chi connectivity index (χ0v) is 16.8. The smallest absolute Gasteiger partial charge is 0.250 e. The van der Waals surface area contributed by atoms with E-state index in [-0.39, 0.29) is 5.91 Å². The van der Waals surface area contributed by atoms with E-state index in [0.29, 0.717) is 17.0 Å². The van der Waals surface area contributed by atoms with Crippen molar-refractivity contribution in [1.29, 1.82) is 0 Å². The Morgan fingerprint density at radius 2 is 2.36 bits per heavy atom. The van der Waals surface area contributed by atoms with Crippen molar-refractivity contribution in [2.75, 3.05) is 11.9 Å². The number of aromatic nitrogens is 2. The molecule has 1 aliphatic heterocycles. The Hall–Kier alpha value is -2.64. The zero-order valence-electron chi connectivity index (χ0n) is 16.0. The Bertz CT molecular complexity index is 979. The van der Waals surface area contributed by atoms with Gasteiger partial charge in [0, 0.05) is 41.6 Å². The van der Waals surface area contributed by atoms with Gasteiger partial charge in [-0.2, -0.15) is 0 Å². The van der Waals surface area contributed by atoms with E-state index in [1.165, 1.54) is 28.8 Å². The largest absolute Gasteiger partial charge is 0.465 e. The van der Waals surface area contributed by atoms with E-state index in [1.807, 2.05) is 5.38 Å². The quantitative estimate of drug-likeness (QED) is 0.615. The van der Waals surface area contributed by atoms with Crippen LogP contribution < -0.4 is 5.32 Å². The molecular weight excluding hydrogens is 374 g/mol. The highest BCUT2D eigenvalue weighted by molar-refractivity contribution is 7.14. The van der Waals surface area contributed by atoms with Crippen LogP contribution in [0.25, 0.3) is 17.3 Å². The highest BCUT2D eigenvalue weighted by Crippen LogP contribution is 2.30. The molecule has 146 valence electrons. The van der Waals surface area contributed by atoms with Gasteiger partial charge in [-0.3, -0.25) is 10.1 Å². The maximum absolute atomic E-state index is 12.1. The number of hydrogen-bond donors (Lipinski definition) is 1. The highest BCUT2D eigenvalue weighted by Gasteiger charge is 2.20. The van der Waals surface area contributed by atoms with Gasteiger partial charge < -0.3 is 13.7 Å². The number of ether oxygens (including phenoxy) is 1. The predicted octanol–water partition coefficient (Wildman–Crippen LogP) is 4.65. The Balaban J connectivity index is 1.46. The summed E-state index contributed by atoms with van der Waals surface area (Å²) in [6.45, 7) is 5.96. The molecule has 7 heteroatoms. The summed E-state index contributed by atoms with van der Waals surface area (Å²) in [5, 5.41) is 5.36. The summed E-state index contributed by atoms with van der Waals surface area (Å²) >= 11 is 1.42. The molecule has 0 saturated carbocycles. The number of carbonyl (C=O) groups is 1. The number of carbonyl (C=O) groups excluding carboxylic acids is 1. The first-order valence-corrected chi connectivity index (χ1v) is 10.2. The van der Waals surface area contributed by atoms with Gasteiger partial charge in [-0.1, -0.05) is 0 Å². The molecule has 1 unspecified atom stereocenters. The van der Waals surface area contributed by atoms with Crippen LogP contribution in [0.3, 0.4) is 0 Å². The molecule has 0 spiro atoms. The minimum Gasteiger partial charge on any atom is -0.465 e. The second-order valence-electron chi connectivity index (χ2n) is 6.91. The molecule has 0 aromatic carbocycles. The van der Waals surface area contributed by atoms with Crippen LogP contribution in [0.2, 0.25) is 0 Å². The van der Waals surface area contributed by atoms with E-state index in [0.717, 1.165) is 37.3 Å². The van der Waals surface area contributed by atoms with Gasteiger partial charge in [0.1, 0.15) is 5.76 Å². The van der Waals surface area contributed by atoms with Crippen LogP contribution in [0.1, 0.15) is 30.0 Å². The van der Waals surface area contributed by atoms with Crippen molar-refractivity contribution in [3.8, 4) is 11.3 Å². The molecule has 1 saturated heterocycles. The topological polar surface area (TPSA) is 69.3 Å². The van der Waals surface area contributed by atoms with Crippen LogP contribution in [-0.2, 0) is 16.1 Å². The average molecular weight is 398 g/mol. The van der Waals surface area contributed by atoms with Gasteiger partial charge in [0.25, 0.3) is 0 Å². The number of amides is 1. The summed E-state index contributed by atoms with van der Waals surface area (Å²) < 4.78 is 13.3. The zero-order chi connectivity index (χ0) is 19.5. The number of thiazole rings is 1. The standard InChI is InChI=1S/C21H23N3O3S/c1-14-11-18(15(2)24(14)12-17-6-4-10-27-17)19-13-28-21(22-19)23-20(25)8-7-16-5-3-9-26-16/h3,5,7-9,11,13,17H,4,6,10,12H2,1-2H3,(H,22,23,25)/b8-7+. The van der Waals surface area contributed by atoms with Crippen LogP contribution in [0.4, 0.5) is 5.13 Å². The Morgan fingerprint density at radius 1 is 1.46 bits per heavy atom. The summed E-state index contributed by atoms with van der Waals surface area (Å²) in [5.41, 5.74) is 4.34. The van der Waals surface area contributed by atoms with E-state index < -0.39 is 0 Å². The SMILES string of the molecule is Cc1cc(-c2csc(NC(=O)/C=C/c3ccco3)n2)c(C)n1CC1CCCO1. The molecule has 0 aliphatic carbocycles. The molecule has 0 radical (unpaired) electrons. The molecule has 3 aromatic rings. The number of nitrogens with zero attached hydrogens (tertiary/aromatic N) is 2. The summed E-state index contributed by atoms with van der Waals surface area (Å²) in [4.78, 5) is 16.7. The van der Waals surface area contributed by atoms with E-state index in [9.17, 15) is 4.79 Å². The molecule has 6 nitrogen and oxygen atoms in total. The lowest BCUT2D eigenvalue weighted by atomic mass is 10.2. The maximum atomic E-state index is 12.1. The molecule has 28 heavy (non-hydrogen) atoms. The monoisotopic (exact) mass is 397 g/mol. The normalized spacial score (nSPS) is 16.9. The lowest BCUT2D eigenvalue weighted by Gasteiger charge is -2.14. The van der Waals surface area contributed by atoms with Crippen LogP contribution >= 0.6 is 11.3 Å². The first-order valence-electron chi connectivity index (χ1n) is 9.37. The fraction of sp³-hybridized carbons (Fsp3) is 0.333. The van der Waals surface area contributed by atoms with Gasteiger partial charge >= 0.3 is 0 Å². The number of rotatable bonds is 6. The first kappa shape index (κ1) is 18.7. The maximum Gasteiger partial charge on any atom is 0.250 e. The lowest BCUT2D eigenvalue weighted by Crippen LogP contribution is -2.16. The molecule has 4 heterocycles. The van der Waals surface area contributed by atoms with Crippen molar-refractivity contribution in [3.05, 3.63) is 53.1 Å². The van der Waals surface area contributed by atoms with Crippen LogP contribution in [0.15, 0.2) is 40.3 Å². The third-order valence-corrected chi connectivity index (χ3v) is 5.69. The molecule has 4 rings (SSSR count). The van der Waals surface area contributed by atoms with Crippen molar-refractivity contribution in [1.82, 2.24) is 9.55 Å². The Labute approximate surface area is 167 Å². The van der Waals surface area contributed by atoms with E-state index in [2.05, 4.69) is 34.8 Å². The average Bonchev–Trinajstić information content (AvgIpc) is 3.46. The van der Waals surface area contributed by atoms with Crippen LogP contribution in [0, 0.1) is 13.8 Å². The highest BCUT2D eigenvalue weighted by atomic mass is 32.1. The molecule has 0 bridgehead atoms. The second kappa shape index (κ2) is 8.16. The summed E-state index contributed by atoms with van der Waals surface area (Å²) in [6.07, 6.45) is 7.19. The number of furan rings is 1. The second-order valence-corrected chi connectivity index (χ2v) is 7.76. The van der Waals surface area contributed by atoms with E-state index in [1.54, 1.807) is 24.5 Å². The van der Waals surface area contributed by atoms with Crippen molar-refractivity contribution >= 4 is 28.5 Å². The number of aryl methyl sites for hydroxylation is 1. The molecule has 1 amide bonds. The molecule has 1 atom stereocenters. The molecular formula is C21H23N3O3S. The summed E-state index contributed by atoms with van der Waals surface area (Å²) in [7, 11) is 0. The molecule has 3 aromatic heterocycles. The van der Waals surface area contributed by atoms with Crippen LogP contribution in [0.5, 0.6) is 0 Å². The summed E-state index contributed by atoms with van der Waals surface area (Å²) in [6, 6.07) is 5.72. The minimum absolute atomic E-state index is 0.235. The minimum atomic E-state index is -0.235.